The van der Waals surface area contributed by atoms with Gasteiger partial charge in [-0.2, -0.15) is 18.2 Å². The average molecular weight is 316 g/mol. The summed E-state index contributed by atoms with van der Waals surface area (Å²) in [5.41, 5.74) is 0. The van der Waals surface area contributed by atoms with E-state index >= 15 is 0 Å². The van der Waals surface area contributed by atoms with Crippen LogP contribution in [0.25, 0.3) is 0 Å². The minimum atomic E-state index is -4.88. The van der Waals surface area contributed by atoms with Crippen molar-refractivity contribution < 1.29 is 27.4 Å². The molecular formula is C12H11F3N4O3. The molecule has 0 fully saturated rings. The molecule has 0 radical (unpaired) electrons. The summed E-state index contributed by atoms with van der Waals surface area (Å²) in [5.74, 6) is 1.93. The third-order valence-corrected chi connectivity index (χ3v) is 2.53. The number of esters is 1. The molecule has 0 aromatic heterocycles. The van der Waals surface area contributed by atoms with E-state index in [1.807, 2.05) is 0 Å². The number of carbonyl (C=O) groups excluding carboxylic acids is 1. The van der Waals surface area contributed by atoms with Crippen LogP contribution in [0.2, 0.25) is 0 Å². The Hall–Kier alpha value is -2.46. The molecule has 1 aromatic rings. The largest absolute Gasteiger partial charge is 0.450 e. The second-order valence-electron chi connectivity index (χ2n) is 4.06. The number of halogens is 3. The van der Waals surface area contributed by atoms with Crippen molar-refractivity contribution >= 4 is 17.6 Å². The molecule has 1 atom stereocenters. The van der Waals surface area contributed by atoms with Gasteiger partial charge in [0.05, 0.1) is 0 Å². The second kappa shape index (κ2) is 6.12. The first-order valence-electron chi connectivity index (χ1n) is 5.90. The molecule has 0 saturated carbocycles. The van der Waals surface area contributed by atoms with Crippen LogP contribution in [0.3, 0.4) is 0 Å². The van der Waals surface area contributed by atoms with E-state index in [0.29, 0.717) is 0 Å². The lowest BCUT2D eigenvalue weighted by molar-refractivity contribution is -0.127. The van der Waals surface area contributed by atoms with Crippen molar-refractivity contribution in [1.29, 1.82) is 0 Å². The smallest absolute Gasteiger partial charge is 0.421 e. The number of nitrogens with zero attached hydrogens (tertiary/aromatic N) is 3. The number of benzene rings is 1. The first-order chi connectivity index (χ1) is 10.3. The second-order valence-corrected chi connectivity index (χ2v) is 4.06. The highest BCUT2D eigenvalue weighted by Crippen LogP contribution is 2.23. The maximum atomic E-state index is 12.8. The number of alkyl halides is 3. The van der Waals surface area contributed by atoms with Crippen LogP contribution in [-0.4, -0.2) is 42.3 Å². The Morgan fingerprint density at radius 1 is 1.32 bits per heavy atom. The molecule has 0 saturated heterocycles. The fourth-order valence-electron chi connectivity index (χ4n) is 1.57. The van der Waals surface area contributed by atoms with E-state index in [4.69, 9.17) is 10.6 Å². The topological polar surface area (TPSA) is 89.5 Å². The van der Waals surface area contributed by atoms with Gasteiger partial charge in [0.2, 0.25) is 18.0 Å². The Balaban J connectivity index is 2.28. The van der Waals surface area contributed by atoms with E-state index in [0.717, 1.165) is 7.11 Å². The molecule has 1 unspecified atom stereocenters. The Bertz CT molecular complexity index is 616. The van der Waals surface area contributed by atoms with Crippen molar-refractivity contribution in [3.05, 3.63) is 30.3 Å². The molecule has 22 heavy (non-hydrogen) atoms. The third-order valence-electron chi connectivity index (χ3n) is 2.53. The Morgan fingerprint density at radius 3 is 2.50 bits per heavy atom. The predicted molar refractivity (Wildman–Crippen MR) is 69.8 cm³/mol. The monoisotopic (exact) mass is 316 g/mol. The van der Waals surface area contributed by atoms with Gasteiger partial charge in [-0.15, -0.1) is 0 Å². The highest BCUT2D eigenvalue weighted by Gasteiger charge is 2.44. The summed E-state index contributed by atoms with van der Waals surface area (Å²) in [6.07, 6.45) is -6.41. The number of aliphatic imine (C=N–C) groups is 2. The number of methoxy groups -OCH3 is 1. The van der Waals surface area contributed by atoms with E-state index in [1.165, 1.54) is 12.1 Å². The SMILES string of the molecule is COC1N=C(C(=O)Oc2ccccc2)N=C(C(F)(F)F)N1N. The molecule has 1 heterocycles. The van der Waals surface area contributed by atoms with Gasteiger partial charge >= 0.3 is 12.1 Å². The zero-order valence-electron chi connectivity index (χ0n) is 11.2. The van der Waals surface area contributed by atoms with Gasteiger partial charge in [-0.1, -0.05) is 18.2 Å². The van der Waals surface area contributed by atoms with Crippen LogP contribution < -0.4 is 10.6 Å². The number of hydrogen-bond donors (Lipinski definition) is 1. The van der Waals surface area contributed by atoms with E-state index in [9.17, 15) is 18.0 Å². The molecule has 1 aromatic carbocycles. The number of carbonyl (C=O) groups is 1. The summed E-state index contributed by atoms with van der Waals surface area (Å²) >= 11 is 0. The quantitative estimate of drug-likeness (QED) is 0.512. The van der Waals surface area contributed by atoms with Gasteiger partial charge in [0.15, 0.2) is 0 Å². The van der Waals surface area contributed by atoms with E-state index < -0.39 is 30.2 Å². The Labute approximate surface area is 122 Å². The van der Waals surface area contributed by atoms with Gasteiger partial charge in [0, 0.05) is 7.11 Å². The molecular weight excluding hydrogens is 305 g/mol. The predicted octanol–water partition coefficient (Wildman–Crippen LogP) is 1.07. The van der Waals surface area contributed by atoms with Crippen LogP contribution in [0.1, 0.15) is 0 Å². The molecule has 2 rings (SSSR count). The van der Waals surface area contributed by atoms with Crippen LogP contribution in [0.15, 0.2) is 40.3 Å². The molecule has 0 spiro atoms. The molecule has 2 N–H and O–H groups in total. The van der Waals surface area contributed by atoms with E-state index in [2.05, 4.69) is 14.7 Å². The normalized spacial score (nSPS) is 18.6. The number of amidine groups is 2. The third kappa shape index (κ3) is 3.40. The fraction of sp³-hybridized carbons (Fsp3) is 0.250. The standard InChI is InChI=1S/C12H11F3N4O3/c1-21-11-18-8(17-10(19(11)16)12(13,14)15)9(20)22-7-5-3-2-4-6-7/h2-6,11H,16H2,1H3. The van der Waals surface area contributed by atoms with Gasteiger partial charge in [-0.25, -0.2) is 20.6 Å². The molecule has 0 bridgehead atoms. The van der Waals surface area contributed by atoms with Crippen molar-refractivity contribution in [2.75, 3.05) is 7.11 Å². The number of ether oxygens (including phenoxy) is 2. The zero-order valence-corrected chi connectivity index (χ0v) is 11.2. The van der Waals surface area contributed by atoms with Gasteiger partial charge < -0.3 is 9.47 Å². The van der Waals surface area contributed by atoms with Crippen molar-refractivity contribution in [3.8, 4) is 5.75 Å². The first kappa shape index (κ1) is 15.9. The summed E-state index contributed by atoms with van der Waals surface area (Å²) in [7, 11) is 1.09. The summed E-state index contributed by atoms with van der Waals surface area (Å²) in [5, 5.41) is 0.180. The number of hydrazine groups is 1. The van der Waals surface area contributed by atoms with Crippen LogP contribution in [0, 0.1) is 0 Å². The summed E-state index contributed by atoms with van der Waals surface area (Å²) in [6, 6.07) is 7.78. The maximum absolute atomic E-state index is 12.8. The van der Waals surface area contributed by atoms with Crippen LogP contribution in [-0.2, 0) is 9.53 Å². The van der Waals surface area contributed by atoms with E-state index in [1.54, 1.807) is 18.2 Å². The fourth-order valence-corrected chi connectivity index (χ4v) is 1.57. The lowest BCUT2D eigenvalue weighted by atomic mass is 10.3. The minimum absolute atomic E-state index is 0.142. The molecule has 118 valence electrons. The molecule has 1 aliphatic rings. The number of para-hydroxylation sites is 1. The lowest BCUT2D eigenvalue weighted by Crippen LogP contribution is -2.54. The summed E-state index contributed by atoms with van der Waals surface area (Å²) in [6.45, 7) is 0. The van der Waals surface area contributed by atoms with Crippen LogP contribution in [0.5, 0.6) is 5.75 Å². The average Bonchev–Trinajstić information content (AvgIpc) is 2.47. The van der Waals surface area contributed by atoms with Gasteiger partial charge in [-0.3, -0.25) is 0 Å². The Morgan fingerprint density at radius 2 is 1.95 bits per heavy atom. The molecule has 10 heteroatoms. The molecule has 1 aliphatic heterocycles. The van der Waals surface area contributed by atoms with Gasteiger partial charge in [0.1, 0.15) is 5.75 Å². The van der Waals surface area contributed by atoms with Crippen molar-refractivity contribution in [2.45, 2.75) is 12.5 Å². The molecule has 7 nitrogen and oxygen atoms in total. The van der Waals surface area contributed by atoms with Crippen molar-refractivity contribution in [3.63, 3.8) is 0 Å². The van der Waals surface area contributed by atoms with Gasteiger partial charge in [-0.05, 0) is 12.1 Å². The lowest BCUT2D eigenvalue weighted by Gasteiger charge is -2.29. The van der Waals surface area contributed by atoms with Crippen LogP contribution in [0.4, 0.5) is 13.2 Å². The summed E-state index contributed by atoms with van der Waals surface area (Å²) in [4.78, 5) is 18.6. The minimum Gasteiger partial charge on any atom is -0.421 e. The molecule has 0 aliphatic carbocycles. The highest BCUT2D eigenvalue weighted by molar-refractivity contribution is 6.38. The molecule has 0 amide bonds. The first-order valence-corrected chi connectivity index (χ1v) is 5.90. The van der Waals surface area contributed by atoms with E-state index in [-0.39, 0.29) is 10.8 Å². The van der Waals surface area contributed by atoms with Crippen LogP contribution >= 0.6 is 0 Å². The number of nitrogens with two attached hydrogens (primary N) is 1. The van der Waals surface area contributed by atoms with Gasteiger partial charge in [0.25, 0.3) is 0 Å². The zero-order chi connectivity index (χ0) is 16.3. The highest BCUT2D eigenvalue weighted by atomic mass is 19.4. The number of rotatable bonds is 3. The summed E-state index contributed by atoms with van der Waals surface area (Å²) < 4.78 is 48.1. The maximum Gasteiger partial charge on any atom is 0.450 e. The van der Waals surface area contributed by atoms with Crippen molar-refractivity contribution in [2.24, 2.45) is 15.8 Å². The Kier molecular flexibility index (Phi) is 4.43. The van der Waals surface area contributed by atoms with Crippen molar-refractivity contribution in [1.82, 2.24) is 5.01 Å². The number of hydrogen-bond acceptors (Lipinski definition) is 7.